The van der Waals surface area contributed by atoms with Crippen LogP contribution in [0.25, 0.3) is 0 Å². The molecule has 2 rings (SSSR count). The van der Waals surface area contributed by atoms with Gasteiger partial charge in [0, 0.05) is 19.9 Å². The van der Waals surface area contributed by atoms with Gasteiger partial charge in [0.05, 0.1) is 17.3 Å². The summed E-state index contributed by atoms with van der Waals surface area (Å²) < 4.78 is 8.02. The van der Waals surface area contributed by atoms with E-state index in [0.717, 1.165) is 38.8 Å². The highest BCUT2D eigenvalue weighted by Crippen LogP contribution is 2.44. The molecule has 1 aromatic heterocycles. The van der Waals surface area contributed by atoms with Crippen LogP contribution in [-0.4, -0.2) is 29.0 Å². The molecule has 1 fully saturated rings. The standard InChI is InChI=1S/C15H27N3O/c1-4-10-16-14(15(19-3)8-6-9-15)13-7-11-17-18(13)12-5-2/h7,11,14,16H,4-6,8-10,12H2,1-3H3. The Bertz CT molecular complexity index is 379. The van der Waals surface area contributed by atoms with Gasteiger partial charge in [0.1, 0.15) is 0 Å². The number of ether oxygens (including phenoxy) is 1. The quantitative estimate of drug-likeness (QED) is 0.785. The lowest BCUT2D eigenvalue weighted by atomic mass is 9.73. The summed E-state index contributed by atoms with van der Waals surface area (Å²) in [6.45, 7) is 6.39. The highest BCUT2D eigenvalue weighted by molar-refractivity contribution is 5.16. The van der Waals surface area contributed by atoms with Crippen LogP contribution in [0.2, 0.25) is 0 Å². The minimum Gasteiger partial charge on any atom is -0.376 e. The zero-order valence-electron chi connectivity index (χ0n) is 12.5. The molecule has 0 aromatic carbocycles. The maximum absolute atomic E-state index is 5.89. The number of nitrogens with one attached hydrogen (secondary N) is 1. The van der Waals surface area contributed by atoms with Crippen LogP contribution >= 0.6 is 0 Å². The second-order valence-corrected chi connectivity index (χ2v) is 5.49. The fraction of sp³-hybridized carbons (Fsp3) is 0.800. The van der Waals surface area contributed by atoms with Crippen LogP contribution in [0.1, 0.15) is 57.7 Å². The first kappa shape index (κ1) is 14.5. The molecule has 1 aliphatic carbocycles. The predicted octanol–water partition coefficient (Wildman–Crippen LogP) is 2.90. The molecule has 0 radical (unpaired) electrons. The van der Waals surface area contributed by atoms with Crippen molar-refractivity contribution in [3.63, 3.8) is 0 Å². The Morgan fingerprint density at radius 3 is 2.74 bits per heavy atom. The van der Waals surface area contributed by atoms with Crippen molar-refractivity contribution in [2.75, 3.05) is 13.7 Å². The minimum atomic E-state index is -0.0271. The molecule has 0 aliphatic heterocycles. The molecule has 108 valence electrons. The summed E-state index contributed by atoms with van der Waals surface area (Å²) in [5, 5.41) is 8.14. The summed E-state index contributed by atoms with van der Waals surface area (Å²) in [6, 6.07) is 2.41. The van der Waals surface area contributed by atoms with Gasteiger partial charge in [-0.25, -0.2) is 0 Å². The molecule has 1 aliphatic rings. The van der Waals surface area contributed by atoms with E-state index in [4.69, 9.17) is 4.74 Å². The highest BCUT2D eigenvalue weighted by atomic mass is 16.5. The molecule has 1 unspecified atom stereocenters. The Morgan fingerprint density at radius 2 is 2.21 bits per heavy atom. The van der Waals surface area contributed by atoms with Gasteiger partial charge in [-0.1, -0.05) is 13.8 Å². The maximum atomic E-state index is 5.89. The van der Waals surface area contributed by atoms with Crippen molar-refractivity contribution in [3.8, 4) is 0 Å². The third kappa shape index (κ3) is 2.84. The second kappa shape index (κ2) is 6.53. The van der Waals surface area contributed by atoms with Gasteiger partial charge in [0.15, 0.2) is 0 Å². The molecule has 1 aromatic rings. The lowest BCUT2D eigenvalue weighted by molar-refractivity contribution is -0.101. The summed E-state index contributed by atoms with van der Waals surface area (Å²) in [4.78, 5) is 0. The topological polar surface area (TPSA) is 39.1 Å². The van der Waals surface area contributed by atoms with E-state index in [9.17, 15) is 0 Å². The molecule has 0 amide bonds. The monoisotopic (exact) mass is 265 g/mol. The smallest absolute Gasteiger partial charge is 0.0887 e. The van der Waals surface area contributed by atoms with E-state index in [1.807, 2.05) is 13.3 Å². The molecule has 19 heavy (non-hydrogen) atoms. The van der Waals surface area contributed by atoms with E-state index in [1.165, 1.54) is 12.1 Å². The zero-order chi connectivity index (χ0) is 13.7. The average Bonchev–Trinajstić information content (AvgIpc) is 2.81. The molecule has 4 nitrogen and oxygen atoms in total. The van der Waals surface area contributed by atoms with E-state index >= 15 is 0 Å². The SMILES string of the molecule is CCCNC(c1ccnn1CCC)C1(OC)CCC1. The van der Waals surface area contributed by atoms with Crippen LogP contribution in [-0.2, 0) is 11.3 Å². The van der Waals surface area contributed by atoms with E-state index < -0.39 is 0 Å². The van der Waals surface area contributed by atoms with Crippen molar-refractivity contribution in [3.05, 3.63) is 18.0 Å². The van der Waals surface area contributed by atoms with Gasteiger partial charge >= 0.3 is 0 Å². The van der Waals surface area contributed by atoms with Crippen molar-refractivity contribution < 1.29 is 4.74 Å². The van der Waals surface area contributed by atoms with Crippen LogP contribution < -0.4 is 5.32 Å². The molecule has 1 atom stereocenters. The molecule has 0 spiro atoms. The van der Waals surface area contributed by atoms with Crippen LogP contribution in [0, 0.1) is 0 Å². The predicted molar refractivity (Wildman–Crippen MR) is 77.1 cm³/mol. The third-order valence-corrected chi connectivity index (χ3v) is 4.21. The Labute approximate surface area is 116 Å². The maximum Gasteiger partial charge on any atom is 0.0887 e. The van der Waals surface area contributed by atoms with Gasteiger partial charge in [0.25, 0.3) is 0 Å². The van der Waals surface area contributed by atoms with E-state index in [0.29, 0.717) is 0 Å². The van der Waals surface area contributed by atoms with Crippen molar-refractivity contribution in [1.82, 2.24) is 15.1 Å². The summed E-state index contributed by atoms with van der Waals surface area (Å²) in [5.41, 5.74) is 1.25. The summed E-state index contributed by atoms with van der Waals surface area (Å²) in [6.07, 6.45) is 7.70. The van der Waals surface area contributed by atoms with Crippen LogP contribution in [0.3, 0.4) is 0 Å². The lowest BCUT2D eigenvalue weighted by Crippen LogP contribution is -2.51. The van der Waals surface area contributed by atoms with Gasteiger partial charge in [0.2, 0.25) is 0 Å². The molecular weight excluding hydrogens is 238 g/mol. The van der Waals surface area contributed by atoms with Crippen molar-refractivity contribution in [1.29, 1.82) is 0 Å². The third-order valence-electron chi connectivity index (χ3n) is 4.21. The first-order valence-electron chi connectivity index (χ1n) is 7.57. The number of hydrogen-bond acceptors (Lipinski definition) is 3. The first-order chi connectivity index (χ1) is 9.27. The van der Waals surface area contributed by atoms with Crippen LogP contribution in [0.5, 0.6) is 0 Å². The molecule has 0 bridgehead atoms. The van der Waals surface area contributed by atoms with Gasteiger partial charge in [-0.3, -0.25) is 4.68 Å². The second-order valence-electron chi connectivity index (χ2n) is 5.49. The van der Waals surface area contributed by atoms with Gasteiger partial charge in [-0.15, -0.1) is 0 Å². The largest absolute Gasteiger partial charge is 0.376 e. The number of hydrogen-bond donors (Lipinski definition) is 1. The van der Waals surface area contributed by atoms with Crippen molar-refractivity contribution in [2.45, 2.75) is 64.1 Å². The summed E-state index contributed by atoms with van der Waals surface area (Å²) in [7, 11) is 1.85. The van der Waals surface area contributed by atoms with E-state index in [-0.39, 0.29) is 11.6 Å². The van der Waals surface area contributed by atoms with E-state index in [1.54, 1.807) is 0 Å². The Balaban J connectivity index is 2.23. The number of rotatable bonds is 8. The fourth-order valence-electron chi connectivity index (χ4n) is 2.97. The summed E-state index contributed by atoms with van der Waals surface area (Å²) in [5.74, 6) is 0. The molecule has 1 N–H and O–H groups in total. The Morgan fingerprint density at radius 1 is 1.42 bits per heavy atom. The highest BCUT2D eigenvalue weighted by Gasteiger charge is 2.46. The molecular formula is C15H27N3O. The average molecular weight is 265 g/mol. The number of methoxy groups -OCH3 is 1. The zero-order valence-corrected chi connectivity index (χ0v) is 12.5. The van der Waals surface area contributed by atoms with Crippen molar-refractivity contribution in [2.24, 2.45) is 0 Å². The lowest BCUT2D eigenvalue weighted by Gasteiger charge is -2.46. The molecule has 0 saturated heterocycles. The fourth-order valence-corrected chi connectivity index (χ4v) is 2.97. The van der Waals surface area contributed by atoms with Gasteiger partial charge < -0.3 is 10.1 Å². The molecule has 1 saturated carbocycles. The first-order valence-corrected chi connectivity index (χ1v) is 7.57. The number of aromatic nitrogens is 2. The van der Waals surface area contributed by atoms with Gasteiger partial charge in [-0.05, 0) is 44.7 Å². The van der Waals surface area contributed by atoms with E-state index in [2.05, 4.69) is 35.0 Å². The van der Waals surface area contributed by atoms with Crippen LogP contribution in [0.15, 0.2) is 12.3 Å². The van der Waals surface area contributed by atoms with Gasteiger partial charge in [-0.2, -0.15) is 5.10 Å². The molecule has 1 heterocycles. The van der Waals surface area contributed by atoms with Crippen LogP contribution in [0.4, 0.5) is 0 Å². The Kier molecular flexibility index (Phi) is 4.99. The minimum absolute atomic E-state index is 0.0271. The number of nitrogens with zero attached hydrogens (tertiary/aromatic N) is 2. The number of aryl methyl sites for hydroxylation is 1. The molecule has 4 heteroatoms. The Hall–Kier alpha value is -0.870. The normalized spacial score (nSPS) is 19.1. The summed E-state index contributed by atoms with van der Waals surface area (Å²) >= 11 is 0. The van der Waals surface area contributed by atoms with Crippen molar-refractivity contribution >= 4 is 0 Å².